The number of guanidine groups is 1. The van der Waals surface area contributed by atoms with Crippen LogP contribution < -0.4 is 11.1 Å². The van der Waals surface area contributed by atoms with Crippen LogP contribution in [0.4, 0.5) is 0 Å². The van der Waals surface area contributed by atoms with Crippen LogP contribution in [0, 0.1) is 0 Å². The van der Waals surface area contributed by atoms with Crippen LogP contribution in [0.15, 0.2) is 29.3 Å². The van der Waals surface area contributed by atoms with Gasteiger partial charge in [0.25, 0.3) is 0 Å². The molecule has 22 heavy (non-hydrogen) atoms. The molecule has 3 N–H and O–H groups in total. The molecular formula is C16H25ClIN3O. The number of benzene rings is 1. The minimum absolute atomic E-state index is 0. The summed E-state index contributed by atoms with van der Waals surface area (Å²) in [5.74, 6) is 0.489. The Morgan fingerprint density at radius 3 is 2.59 bits per heavy atom. The lowest BCUT2D eigenvalue weighted by atomic mass is 9.74. The molecular weight excluding hydrogens is 413 g/mol. The minimum Gasteiger partial charge on any atom is -0.381 e. The highest BCUT2D eigenvalue weighted by Gasteiger charge is 2.35. The van der Waals surface area contributed by atoms with Crippen molar-refractivity contribution in [2.75, 3.05) is 19.8 Å². The van der Waals surface area contributed by atoms with E-state index in [4.69, 9.17) is 22.1 Å². The number of ether oxygens (including phenoxy) is 1. The molecule has 1 aliphatic rings. The molecule has 0 radical (unpaired) electrons. The maximum absolute atomic E-state index is 6.41. The van der Waals surface area contributed by atoms with Crippen LogP contribution in [0.3, 0.4) is 0 Å². The number of hydrogen-bond acceptors (Lipinski definition) is 2. The molecule has 0 aliphatic carbocycles. The van der Waals surface area contributed by atoms with Crippen LogP contribution in [0.25, 0.3) is 0 Å². The normalized spacial score (nSPS) is 17.9. The fourth-order valence-electron chi connectivity index (χ4n) is 2.74. The van der Waals surface area contributed by atoms with Crippen molar-refractivity contribution in [2.24, 2.45) is 10.7 Å². The highest BCUT2D eigenvalue weighted by molar-refractivity contribution is 14.0. The monoisotopic (exact) mass is 437 g/mol. The van der Waals surface area contributed by atoms with E-state index < -0.39 is 0 Å². The zero-order valence-corrected chi connectivity index (χ0v) is 16.2. The van der Waals surface area contributed by atoms with Gasteiger partial charge in [0.15, 0.2) is 5.96 Å². The van der Waals surface area contributed by atoms with Gasteiger partial charge in [-0.25, -0.2) is 0 Å². The number of aliphatic imine (C=N–C) groups is 1. The lowest BCUT2D eigenvalue weighted by Gasteiger charge is -2.37. The smallest absolute Gasteiger partial charge is 0.188 e. The van der Waals surface area contributed by atoms with E-state index in [2.05, 4.69) is 16.4 Å². The van der Waals surface area contributed by atoms with Gasteiger partial charge in [0.2, 0.25) is 0 Å². The SMILES string of the molecule is CC(C)NC(N)=NCC1(c2ccccc2Cl)CCOCC1.I. The highest BCUT2D eigenvalue weighted by atomic mass is 127. The van der Waals surface area contributed by atoms with Crippen molar-refractivity contribution in [3.63, 3.8) is 0 Å². The Balaban J connectivity index is 0.00000242. The number of nitrogens with one attached hydrogen (secondary N) is 1. The largest absolute Gasteiger partial charge is 0.381 e. The van der Waals surface area contributed by atoms with E-state index in [9.17, 15) is 0 Å². The number of nitrogens with zero attached hydrogens (tertiary/aromatic N) is 1. The highest BCUT2D eigenvalue weighted by Crippen LogP contribution is 2.38. The second kappa shape index (κ2) is 8.93. The summed E-state index contributed by atoms with van der Waals surface area (Å²) in [6.45, 7) is 6.18. The Morgan fingerprint density at radius 2 is 2.00 bits per heavy atom. The molecule has 0 atom stereocenters. The zero-order valence-electron chi connectivity index (χ0n) is 13.1. The Kier molecular flexibility index (Phi) is 7.93. The van der Waals surface area contributed by atoms with Crippen LogP contribution in [0.1, 0.15) is 32.3 Å². The van der Waals surface area contributed by atoms with E-state index in [0.717, 1.165) is 36.6 Å². The Bertz CT molecular complexity index is 502. The maximum Gasteiger partial charge on any atom is 0.188 e. The van der Waals surface area contributed by atoms with E-state index in [1.807, 2.05) is 32.0 Å². The predicted molar refractivity (Wildman–Crippen MR) is 103 cm³/mol. The van der Waals surface area contributed by atoms with Crippen molar-refractivity contribution in [3.8, 4) is 0 Å². The van der Waals surface area contributed by atoms with Crippen molar-refractivity contribution in [2.45, 2.75) is 38.1 Å². The van der Waals surface area contributed by atoms with Gasteiger partial charge in [-0.05, 0) is 38.3 Å². The van der Waals surface area contributed by atoms with Gasteiger partial charge in [-0.15, -0.1) is 24.0 Å². The molecule has 2 rings (SSSR count). The predicted octanol–water partition coefficient (Wildman–Crippen LogP) is 3.32. The molecule has 1 aromatic carbocycles. The third-order valence-corrected chi connectivity index (χ3v) is 4.21. The summed E-state index contributed by atoms with van der Waals surface area (Å²) in [5.41, 5.74) is 7.01. The average Bonchev–Trinajstić information content (AvgIpc) is 2.46. The van der Waals surface area contributed by atoms with Crippen LogP contribution >= 0.6 is 35.6 Å². The van der Waals surface area contributed by atoms with E-state index in [0.29, 0.717) is 12.5 Å². The Morgan fingerprint density at radius 1 is 1.36 bits per heavy atom. The molecule has 1 fully saturated rings. The van der Waals surface area contributed by atoms with Gasteiger partial charge in [0.1, 0.15) is 0 Å². The number of halogens is 2. The van der Waals surface area contributed by atoms with Crippen molar-refractivity contribution >= 4 is 41.5 Å². The maximum atomic E-state index is 6.41. The number of hydrogen-bond donors (Lipinski definition) is 2. The summed E-state index contributed by atoms with van der Waals surface area (Å²) >= 11 is 6.41. The Hall–Kier alpha value is -0.530. The van der Waals surface area contributed by atoms with Crippen LogP contribution in [-0.4, -0.2) is 31.8 Å². The first-order chi connectivity index (χ1) is 10.0. The second-order valence-electron chi connectivity index (χ2n) is 5.87. The van der Waals surface area contributed by atoms with Crippen LogP contribution in [-0.2, 0) is 10.2 Å². The minimum atomic E-state index is -0.0835. The third kappa shape index (κ3) is 4.99. The third-order valence-electron chi connectivity index (χ3n) is 3.88. The molecule has 0 bridgehead atoms. The molecule has 0 unspecified atom stereocenters. The van der Waals surface area contributed by atoms with Crippen LogP contribution in [0.5, 0.6) is 0 Å². The molecule has 1 heterocycles. The van der Waals surface area contributed by atoms with Crippen molar-refractivity contribution < 1.29 is 4.74 Å². The van der Waals surface area contributed by atoms with E-state index in [1.165, 1.54) is 0 Å². The average molecular weight is 438 g/mol. The summed E-state index contributed by atoms with van der Waals surface area (Å²) < 4.78 is 5.52. The quantitative estimate of drug-likeness (QED) is 0.432. The fraction of sp³-hybridized carbons (Fsp3) is 0.562. The van der Waals surface area contributed by atoms with Gasteiger partial charge in [0.05, 0.1) is 6.54 Å². The molecule has 0 spiro atoms. The molecule has 1 aliphatic heterocycles. The molecule has 1 saturated heterocycles. The van der Waals surface area contributed by atoms with Crippen molar-refractivity contribution in [1.29, 1.82) is 0 Å². The standard InChI is InChI=1S/C16H24ClN3O.HI/c1-12(2)20-15(18)19-11-16(7-9-21-10-8-16)13-5-3-4-6-14(13)17;/h3-6,12H,7-11H2,1-2H3,(H3,18,19,20);1H. The van der Waals surface area contributed by atoms with Crippen molar-refractivity contribution in [3.05, 3.63) is 34.9 Å². The molecule has 0 amide bonds. The van der Waals surface area contributed by atoms with Gasteiger partial charge in [-0.3, -0.25) is 4.99 Å². The second-order valence-corrected chi connectivity index (χ2v) is 6.28. The lowest BCUT2D eigenvalue weighted by molar-refractivity contribution is 0.0531. The topological polar surface area (TPSA) is 59.6 Å². The van der Waals surface area contributed by atoms with Crippen LogP contribution in [0.2, 0.25) is 5.02 Å². The van der Waals surface area contributed by atoms with E-state index in [1.54, 1.807) is 0 Å². The molecule has 1 aromatic rings. The van der Waals surface area contributed by atoms with Gasteiger partial charge >= 0.3 is 0 Å². The summed E-state index contributed by atoms with van der Waals surface area (Å²) in [6, 6.07) is 8.29. The first-order valence-electron chi connectivity index (χ1n) is 7.43. The first kappa shape index (κ1) is 19.5. The summed E-state index contributed by atoms with van der Waals surface area (Å²) in [6.07, 6.45) is 1.82. The van der Waals surface area contributed by atoms with Gasteiger partial charge < -0.3 is 15.8 Å². The van der Waals surface area contributed by atoms with Gasteiger partial charge in [-0.1, -0.05) is 29.8 Å². The lowest BCUT2D eigenvalue weighted by Crippen LogP contribution is -2.41. The van der Waals surface area contributed by atoms with Gasteiger partial charge in [0, 0.05) is 29.7 Å². The molecule has 6 heteroatoms. The molecule has 124 valence electrons. The first-order valence-corrected chi connectivity index (χ1v) is 7.80. The van der Waals surface area contributed by atoms with E-state index >= 15 is 0 Å². The summed E-state index contributed by atoms with van der Waals surface area (Å²) in [5, 5.41) is 3.93. The number of rotatable bonds is 4. The summed E-state index contributed by atoms with van der Waals surface area (Å²) in [7, 11) is 0. The van der Waals surface area contributed by atoms with E-state index in [-0.39, 0.29) is 35.4 Å². The molecule has 0 aromatic heterocycles. The molecule has 0 saturated carbocycles. The Labute approximate surface area is 154 Å². The zero-order chi connectivity index (χ0) is 15.3. The summed E-state index contributed by atoms with van der Waals surface area (Å²) in [4.78, 5) is 4.55. The molecule has 4 nitrogen and oxygen atoms in total. The van der Waals surface area contributed by atoms with Gasteiger partial charge in [-0.2, -0.15) is 0 Å². The number of nitrogens with two attached hydrogens (primary N) is 1. The van der Waals surface area contributed by atoms with Crippen molar-refractivity contribution in [1.82, 2.24) is 5.32 Å². The fourth-order valence-corrected chi connectivity index (χ4v) is 3.08.